The summed E-state index contributed by atoms with van der Waals surface area (Å²) in [4.78, 5) is 5.03. The van der Waals surface area contributed by atoms with Crippen molar-refractivity contribution in [1.82, 2.24) is 15.1 Å². The Morgan fingerprint density at radius 1 is 1.18 bits per heavy atom. The molecular formula is C14H31N3. The van der Waals surface area contributed by atoms with Gasteiger partial charge < -0.3 is 15.1 Å². The normalized spacial score (nSPS) is 26.1. The first-order valence-electron chi connectivity index (χ1n) is 7.10. The van der Waals surface area contributed by atoms with Crippen LogP contribution in [0.4, 0.5) is 0 Å². The predicted octanol–water partition coefficient (Wildman–Crippen LogP) is 1.65. The fourth-order valence-corrected chi connectivity index (χ4v) is 2.78. The van der Waals surface area contributed by atoms with Crippen molar-refractivity contribution >= 4 is 0 Å². The molecule has 1 rings (SSSR count). The molecule has 1 saturated heterocycles. The first-order valence-corrected chi connectivity index (χ1v) is 7.10. The Hall–Kier alpha value is -0.120. The van der Waals surface area contributed by atoms with Crippen LogP contribution in [0.25, 0.3) is 0 Å². The molecule has 1 fully saturated rings. The lowest BCUT2D eigenvalue weighted by Crippen LogP contribution is -2.51. The van der Waals surface area contributed by atoms with Gasteiger partial charge in [0.1, 0.15) is 0 Å². The van der Waals surface area contributed by atoms with Crippen molar-refractivity contribution in [2.45, 2.75) is 45.2 Å². The minimum atomic E-state index is 0.628. The summed E-state index contributed by atoms with van der Waals surface area (Å²) < 4.78 is 0. The van der Waals surface area contributed by atoms with Gasteiger partial charge in [0.05, 0.1) is 0 Å². The third kappa shape index (κ3) is 4.94. The minimum absolute atomic E-state index is 0.628. The lowest BCUT2D eigenvalue weighted by atomic mass is 9.97. The van der Waals surface area contributed by atoms with E-state index in [2.05, 4.69) is 50.1 Å². The average molecular weight is 241 g/mol. The van der Waals surface area contributed by atoms with Crippen LogP contribution in [-0.4, -0.2) is 62.7 Å². The molecule has 0 amide bonds. The fraction of sp³-hybridized carbons (Fsp3) is 1.00. The van der Waals surface area contributed by atoms with Crippen molar-refractivity contribution in [3.8, 4) is 0 Å². The van der Waals surface area contributed by atoms with E-state index in [9.17, 15) is 0 Å². The maximum absolute atomic E-state index is 3.54. The maximum atomic E-state index is 3.54. The molecule has 17 heavy (non-hydrogen) atoms. The molecule has 2 atom stereocenters. The highest BCUT2D eigenvalue weighted by atomic mass is 15.2. The highest BCUT2D eigenvalue weighted by molar-refractivity contribution is 4.87. The van der Waals surface area contributed by atoms with Crippen LogP contribution in [0.5, 0.6) is 0 Å². The molecule has 1 N–H and O–H groups in total. The summed E-state index contributed by atoms with van der Waals surface area (Å²) in [6.07, 6.45) is 3.90. The Balaban J connectivity index is 2.56. The van der Waals surface area contributed by atoms with E-state index >= 15 is 0 Å². The summed E-state index contributed by atoms with van der Waals surface area (Å²) in [7, 11) is 6.65. The molecule has 0 radical (unpaired) electrons. The molecular weight excluding hydrogens is 210 g/mol. The van der Waals surface area contributed by atoms with E-state index in [0.717, 1.165) is 5.92 Å². The van der Waals surface area contributed by atoms with Crippen molar-refractivity contribution in [3.05, 3.63) is 0 Å². The van der Waals surface area contributed by atoms with Crippen molar-refractivity contribution in [3.63, 3.8) is 0 Å². The van der Waals surface area contributed by atoms with Gasteiger partial charge in [-0.2, -0.15) is 0 Å². The molecule has 0 saturated carbocycles. The summed E-state index contributed by atoms with van der Waals surface area (Å²) in [5, 5.41) is 3.54. The molecule has 3 heteroatoms. The summed E-state index contributed by atoms with van der Waals surface area (Å²) >= 11 is 0. The zero-order valence-electron chi connectivity index (χ0n) is 12.4. The summed E-state index contributed by atoms with van der Waals surface area (Å²) in [5.74, 6) is 0.805. The van der Waals surface area contributed by atoms with Crippen molar-refractivity contribution in [2.24, 2.45) is 5.92 Å². The summed E-state index contributed by atoms with van der Waals surface area (Å²) in [6, 6.07) is 1.29. The number of nitrogens with zero attached hydrogens (tertiary/aromatic N) is 2. The molecule has 0 aliphatic carbocycles. The molecule has 0 spiro atoms. The highest BCUT2D eigenvalue weighted by Crippen LogP contribution is 2.16. The molecule has 0 aromatic heterocycles. The zero-order chi connectivity index (χ0) is 12.8. The lowest BCUT2D eigenvalue weighted by Gasteiger charge is -2.34. The monoisotopic (exact) mass is 241 g/mol. The lowest BCUT2D eigenvalue weighted by molar-refractivity contribution is 0.173. The van der Waals surface area contributed by atoms with Gasteiger partial charge in [0, 0.05) is 18.6 Å². The van der Waals surface area contributed by atoms with Gasteiger partial charge in [-0.05, 0) is 59.4 Å². The maximum Gasteiger partial charge on any atom is 0.0373 e. The first kappa shape index (κ1) is 14.9. The van der Waals surface area contributed by atoms with Gasteiger partial charge in [-0.15, -0.1) is 0 Å². The molecule has 0 bridgehead atoms. The number of hydrogen-bond donors (Lipinski definition) is 1. The van der Waals surface area contributed by atoms with Crippen LogP contribution >= 0.6 is 0 Å². The van der Waals surface area contributed by atoms with Gasteiger partial charge in [-0.25, -0.2) is 0 Å². The second-order valence-corrected chi connectivity index (χ2v) is 6.03. The predicted molar refractivity (Wildman–Crippen MR) is 75.5 cm³/mol. The van der Waals surface area contributed by atoms with Gasteiger partial charge >= 0.3 is 0 Å². The quantitative estimate of drug-likeness (QED) is 0.789. The smallest absolute Gasteiger partial charge is 0.0373 e. The Morgan fingerprint density at radius 3 is 2.47 bits per heavy atom. The summed E-state index contributed by atoms with van der Waals surface area (Å²) in [5.41, 5.74) is 0. The molecule has 2 unspecified atom stereocenters. The van der Waals surface area contributed by atoms with Crippen LogP contribution < -0.4 is 5.32 Å². The van der Waals surface area contributed by atoms with Gasteiger partial charge in [0.25, 0.3) is 0 Å². The number of likely N-dealkylation sites (N-methyl/N-ethyl adjacent to an activating group) is 3. The van der Waals surface area contributed by atoms with E-state index in [1.165, 1.54) is 38.9 Å². The Morgan fingerprint density at radius 2 is 1.88 bits per heavy atom. The summed E-state index contributed by atoms with van der Waals surface area (Å²) in [6.45, 7) is 8.29. The fourth-order valence-electron chi connectivity index (χ4n) is 2.78. The number of nitrogens with one attached hydrogen (secondary N) is 1. The second kappa shape index (κ2) is 7.34. The van der Waals surface area contributed by atoms with Crippen LogP contribution in [0.1, 0.15) is 33.1 Å². The molecule has 1 aliphatic rings. The van der Waals surface area contributed by atoms with E-state index in [0.29, 0.717) is 12.1 Å². The third-order valence-electron chi connectivity index (χ3n) is 4.01. The molecule has 0 aromatic rings. The Kier molecular flexibility index (Phi) is 6.45. The standard InChI is InChI=1S/C14H31N3/c1-12(2)7-8-13(15-3)14-11-16(4)9-6-10-17(14)5/h12-15H,6-11H2,1-5H3. The van der Waals surface area contributed by atoms with Crippen LogP contribution in [-0.2, 0) is 0 Å². The van der Waals surface area contributed by atoms with Crippen LogP contribution in [0.3, 0.4) is 0 Å². The third-order valence-corrected chi connectivity index (χ3v) is 4.01. The van der Waals surface area contributed by atoms with Gasteiger partial charge in [0.2, 0.25) is 0 Å². The van der Waals surface area contributed by atoms with Gasteiger partial charge in [-0.1, -0.05) is 13.8 Å². The van der Waals surface area contributed by atoms with E-state index in [1.54, 1.807) is 0 Å². The molecule has 102 valence electrons. The van der Waals surface area contributed by atoms with Crippen molar-refractivity contribution < 1.29 is 0 Å². The van der Waals surface area contributed by atoms with Gasteiger partial charge in [0.15, 0.2) is 0 Å². The molecule has 1 heterocycles. The average Bonchev–Trinajstić information content (AvgIpc) is 2.42. The van der Waals surface area contributed by atoms with Crippen LogP contribution in [0.2, 0.25) is 0 Å². The zero-order valence-corrected chi connectivity index (χ0v) is 12.4. The first-order chi connectivity index (χ1) is 8.04. The van der Waals surface area contributed by atoms with Crippen molar-refractivity contribution in [2.75, 3.05) is 40.8 Å². The van der Waals surface area contributed by atoms with E-state index < -0.39 is 0 Å². The second-order valence-electron chi connectivity index (χ2n) is 6.03. The van der Waals surface area contributed by atoms with Crippen molar-refractivity contribution in [1.29, 1.82) is 0 Å². The molecule has 3 nitrogen and oxygen atoms in total. The molecule has 0 aromatic carbocycles. The number of rotatable bonds is 5. The SMILES string of the molecule is CNC(CCC(C)C)C1CN(C)CCCN1C. The van der Waals surface area contributed by atoms with E-state index in [-0.39, 0.29) is 0 Å². The minimum Gasteiger partial charge on any atom is -0.315 e. The van der Waals surface area contributed by atoms with Crippen LogP contribution in [0.15, 0.2) is 0 Å². The largest absolute Gasteiger partial charge is 0.315 e. The highest BCUT2D eigenvalue weighted by Gasteiger charge is 2.27. The van der Waals surface area contributed by atoms with E-state index in [1.807, 2.05) is 0 Å². The number of hydrogen-bond acceptors (Lipinski definition) is 3. The van der Waals surface area contributed by atoms with E-state index in [4.69, 9.17) is 0 Å². The van der Waals surface area contributed by atoms with Crippen LogP contribution in [0, 0.1) is 5.92 Å². The Labute approximate surface area is 108 Å². The topological polar surface area (TPSA) is 18.5 Å². The van der Waals surface area contributed by atoms with Gasteiger partial charge in [-0.3, -0.25) is 0 Å². The Bertz CT molecular complexity index is 206. The molecule has 1 aliphatic heterocycles.